The molecular weight excluding hydrogens is 503 g/mol. The number of halogens is 3. The first-order valence-corrected chi connectivity index (χ1v) is 12.6. The summed E-state index contributed by atoms with van der Waals surface area (Å²) in [5.41, 5.74) is 9.84. The molecule has 1 aromatic carbocycles. The molecule has 1 aromatic heterocycles. The standard InChI is InChI=1S/C26H32F3N5O4/c1-25(2)12-19-22(20(35)13-25)23(26(27,28)29)33-34(19)15-5-8-17(24(31)37)18(11-15)32-14-3-6-16(7-4-14)38-21(36)9-10-30/h5,8,11,14,16,32H,3-4,6-7,9-10,12-13,30H2,1-2H3,(H2,31,37). The number of carbonyl (C=O) groups is 3. The van der Waals surface area contributed by atoms with Crippen LogP contribution >= 0.6 is 0 Å². The number of esters is 1. The van der Waals surface area contributed by atoms with E-state index in [0.717, 1.165) is 4.68 Å². The summed E-state index contributed by atoms with van der Waals surface area (Å²) in [5.74, 6) is -1.63. The monoisotopic (exact) mass is 535 g/mol. The molecule has 2 aliphatic carbocycles. The molecular formula is C26H32F3N5O4. The van der Waals surface area contributed by atoms with E-state index >= 15 is 0 Å². The van der Waals surface area contributed by atoms with Crippen LogP contribution in [0, 0.1) is 5.41 Å². The molecule has 4 rings (SSSR count). The molecule has 1 amide bonds. The average molecular weight is 536 g/mol. The number of alkyl halides is 3. The molecule has 0 atom stereocenters. The number of ether oxygens (including phenoxy) is 1. The maximum absolute atomic E-state index is 13.8. The predicted octanol–water partition coefficient (Wildman–Crippen LogP) is 3.76. The number of hydrogen-bond donors (Lipinski definition) is 3. The Morgan fingerprint density at radius 1 is 1.18 bits per heavy atom. The summed E-state index contributed by atoms with van der Waals surface area (Å²) >= 11 is 0. The number of primary amides is 1. The molecule has 0 aliphatic heterocycles. The van der Waals surface area contributed by atoms with Gasteiger partial charge in [-0.1, -0.05) is 13.8 Å². The second-order valence-electron chi connectivity index (χ2n) is 10.8. The predicted molar refractivity (Wildman–Crippen MR) is 133 cm³/mol. The number of nitrogens with zero attached hydrogens (tertiary/aromatic N) is 2. The third-order valence-electron chi connectivity index (χ3n) is 7.01. The van der Waals surface area contributed by atoms with Gasteiger partial charge in [0.2, 0.25) is 0 Å². The van der Waals surface area contributed by atoms with Crippen molar-refractivity contribution in [1.29, 1.82) is 0 Å². The number of carbonyl (C=O) groups excluding carboxylic acids is 3. The van der Waals surface area contributed by atoms with Crippen molar-refractivity contribution >= 4 is 23.3 Å². The minimum Gasteiger partial charge on any atom is -0.462 e. The zero-order valence-corrected chi connectivity index (χ0v) is 21.4. The molecule has 12 heteroatoms. The normalized spacial score (nSPS) is 21.1. The number of hydrogen-bond acceptors (Lipinski definition) is 7. The molecule has 0 radical (unpaired) electrons. The lowest BCUT2D eigenvalue weighted by atomic mass is 9.75. The van der Waals surface area contributed by atoms with E-state index in [9.17, 15) is 27.6 Å². The second-order valence-corrected chi connectivity index (χ2v) is 10.8. The smallest absolute Gasteiger partial charge is 0.435 e. The van der Waals surface area contributed by atoms with Gasteiger partial charge in [0.15, 0.2) is 11.5 Å². The average Bonchev–Trinajstić information content (AvgIpc) is 3.19. The summed E-state index contributed by atoms with van der Waals surface area (Å²) in [6.45, 7) is 3.87. The second kappa shape index (κ2) is 10.4. The highest BCUT2D eigenvalue weighted by Crippen LogP contribution is 2.42. The summed E-state index contributed by atoms with van der Waals surface area (Å²) in [4.78, 5) is 36.6. The quantitative estimate of drug-likeness (QED) is 0.458. The summed E-state index contributed by atoms with van der Waals surface area (Å²) in [5, 5.41) is 7.12. The first-order valence-electron chi connectivity index (χ1n) is 12.6. The topological polar surface area (TPSA) is 142 Å². The summed E-state index contributed by atoms with van der Waals surface area (Å²) < 4.78 is 48.1. The van der Waals surface area contributed by atoms with E-state index in [-0.39, 0.29) is 60.9 Å². The Morgan fingerprint density at radius 2 is 1.87 bits per heavy atom. The molecule has 5 N–H and O–H groups in total. The van der Waals surface area contributed by atoms with Crippen LogP contribution in [0.1, 0.15) is 84.5 Å². The van der Waals surface area contributed by atoms with Crippen LogP contribution in [-0.4, -0.2) is 46.1 Å². The van der Waals surface area contributed by atoms with E-state index in [1.807, 2.05) is 13.8 Å². The number of nitrogens with two attached hydrogens (primary N) is 2. The summed E-state index contributed by atoms with van der Waals surface area (Å²) in [6.07, 6.45) is -2.14. The Morgan fingerprint density at radius 3 is 2.47 bits per heavy atom. The molecule has 0 spiro atoms. The van der Waals surface area contributed by atoms with Crippen molar-refractivity contribution in [1.82, 2.24) is 9.78 Å². The Bertz CT molecular complexity index is 1250. The van der Waals surface area contributed by atoms with Crippen molar-refractivity contribution in [3.8, 4) is 5.69 Å². The van der Waals surface area contributed by atoms with Gasteiger partial charge in [-0.2, -0.15) is 18.3 Å². The van der Waals surface area contributed by atoms with Gasteiger partial charge in [-0.15, -0.1) is 0 Å². The third kappa shape index (κ3) is 5.85. The Kier molecular flexibility index (Phi) is 7.55. The van der Waals surface area contributed by atoms with Gasteiger partial charge in [0.25, 0.3) is 5.91 Å². The summed E-state index contributed by atoms with van der Waals surface area (Å²) in [6, 6.07) is 4.37. The SMILES string of the molecule is CC1(C)CC(=O)c2c(C(F)(F)F)nn(-c3ccc(C(N)=O)c(NC4CCC(OC(=O)CCN)CC4)c3)c2C1. The van der Waals surface area contributed by atoms with Crippen LogP contribution in [0.5, 0.6) is 0 Å². The lowest BCUT2D eigenvalue weighted by Crippen LogP contribution is -2.32. The highest BCUT2D eigenvalue weighted by atomic mass is 19.4. The van der Waals surface area contributed by atoms with Gasteiger partial charge < -0.3 is 21.5 Å². The van der Waals surface area contributed by atoms with Crippen molar-refractivity contribution in [2.45, 2.75) is 77.1 Å². The third-order valence-corrected chi connectivity index (χ3v) is 7.01. The van der Waals surface area contributed by atoms with Gasteiger partial charge in [-0.25, -0.2) is 4.68 Å². The number of fused-ring (bicyclic) bond motifs is 1. The number of rotatable bonds is 7. The van der Waals surface area contributed by atoms with Crippen LogP contribution in [0.15, 0.2) is 18.2 Å². The fourth-order valence-corrected chi connectivity index (χ4v) is 5.27. The van der Waals surface area contributed by atoms with Gasteiger partial charge in [-0.3, -0.25) is 14.4 Å². The van der Waals surface area contributed by atoms with Crippen LogP contribution in [0.25, 0.3) is 5.69 Å². The highest BCUT2D eigenvalue weighted by Gasteiger charge is 2.45. The number of aromatic nitrogens is 2. The van der Waals surface area contributed by atoms with Crippen molar-refractivity contribution < 1.29 is 32.3 Å². The molecule has 9 nitrogen and oxygen atoms in total. The molecule has 2 aromatic rings. The largest absolute Gasteiger partial charge is 0.462 e. The Balaban J connectivity index is 1.64. The van der Waals surface area contributed by atoms with E-state index < -0.39 is 34.5 Å². The Hall–Kier alpha value is -3.41. The minimum atomic E-state index is -4.80. The molecule has 0 saturated heterocycles. The van der Waals surface area contributed by atoms with Crippen molar-refractivity contribution in [2.75, 3.05) is 11.9 Å². The van der Waals surface area contributed by atoms with Gasteiger partial charge in [0.05, 0.1) is 28.9 Å². The number of anilines is 1. The zero-order chi connectivity index (χ0) is 27.8. The first-order chi connectivity index (χ1) is 17.8. The van der Waals surface area contributed by atoms with Crippen molar-refractivity contribution in [2.24, 2.45) is 16.9 Å². The van der Waals surface area contributed by atoms with E-state index in [2.05, 4.69) is 10.4 Å². The highest BCUT2D eigenvalue weighted by molar-refractivity contribution is 6.00. The van der Waals surface area contributed by atoms with Crippen LogP contribution in [-0.2, 0) is 22.1 Å². The minimum absolute atomic E-state index is 0.00754. The van der Waals surface area contributed by atoms with Crippen LogP contribution in [0.3, 0.4) is 0 Å². The molecule has 1 heterocycles. The number of benzene rings is 1. The van der Waals surface area contributed by atoms with E-state index in [0.29, 0.717) is 31.4 Å². The Labute approximate surface area is 218 Å². The van der Waals surface area contributed by atoms with E-state index in [4.69, 9.17) is 16.2 Å². The van der Waals surface area contributed by atoms with E-state index in [1.165, 1.54) is 18.2 Å². The molecule has 38 heavy (non-hydrogen) atoms. The van der Waals surface area contributed by atoms with Crippen LogP contribution in [0.2, 0.25) is 0 Å². The molecule has 2 aliphatic rings. The van der Waals surface area contributed by atoms with Gasteiger partial charge >= 0.3 is 12.1 Å². The molecule has 0 bridgehead atoms. The van der Waals surface area contributed by atoms with E-state index in [1.54, 1.807) is 0 Å². The lowest BCUT2D eigenvalue weighted by Gasteiger charge is -2.30. The fourth-order valence-electron chi connectivity index (χ4n) is 5.27. The lowest BCUT2D eigenvalue weighted by molar-refractivity contribution is -0.150. The molecule has 1 saturated carbocycles. The molecule has 206 valence electrons. The van der Waals surface area contributed by atoms with Crippen LogP contribution in [0.4, 0.5) is 18.9 Å². The van der Waals surface area contributed by atoms with Crippen LogP contribution < -0.4 is 16.8 Å². The first kappa shape index (κ1) is 27.6. The van der Waals surface area contributed by atoms with Gasteiger partial charge in [-0.05, 0) is 55.7 Å². The number of amides is 1. The number of nitrogens with one attached hydrogen (secondary N) is 1. The van der Waals surface area contributed by atoms with Gasteiger partial charge in [0, 0.05) is 24.7 Å². The molecule has 0 unspecified atom stereocenters. The van der Waals surface area contributed by atoms with Crippen molar-refractivity contribution in [3.63, 3.8) is 0 Å². The number of ketones is 1. The number of Topliss-reactive ketones (excluding diaryl/α,β-unsaturated/α-hetero) is 1. The molecule has 1 fully saturated rings. The van der Waals surface area contributed by atoms with Crippen molar-refractivity contribution in [3.05, 3.63) is 40.7 Å². The zero-order valence-electron chi connectivity index (χ0n) is 21.4. The summed E-state index contributed by atoms with van der Waals surface area (Å²) in [7, 11) is 0. The fraction of sp³-hybridized carbons (Fsp3) is 0.538. The maximum Gasteiger partial charge on any atom is 0.435 e. The van der Waals surface area contributed by atoms with Gasteiger partial charge in [0.1, 0.15) is 6.10 Å². The maximum atomic E-state index is 13.8.